The summed E-state index contributed by atoms with van der Waals surface area (Å²) in [4.78, 5) is 29.9. The summed E-state index contributed by atoms with van der Waals surface area (Å²) >= 11 is 0. The van der Waals surface area contributed by atoms with E-state index in [0.717, 1.165) is 43.6 Å². The molecule has 1 saturated carbocycles. The van der Waals surface area contributed by atoms with Crippen LogP contribution in [0, 0.1) is 5.41 Å². The van der Waals surface area contributed by atoms with Gasteiger partial charge in [-0.1, -0.05) is 48.5 Å². The molecule has 1 aliphatic carbocycles. The molecule has 2 atom stereocenters. The molecule has 0 aromatic heterocycles. The Morgan fingerprint density at radius 1 is 1.03 bits per heavy atom. The summed E-state index contributed by atoms with van der Waals surface area (Å²) in [5, 5.41) is 0. The molecule has 2 fully saturated rings. The molecule has 0 N–H and O–H groups in total. The number of nitrogens with zero attached hydrogens (tertiary/aromatic N) is 2. The first-order valence-electron chi connectivity index (χ1n) is 10.5. The number of carbonyl (C=O) groups excluding carboxylic acids is 2. The third kappa shape index (κ3) is 3.23. The Hall–Kier alpha value is -2.66. The van der Waals surface area contributed by atoms with Crippen molar-refractivity contribution in [3.63, 3.8) is 0 Å². The van der Waals surface area contributed by atoms with Crippen molar-refractivity contribution in [2.45, 2.75) is 31.8 Å². The molecular weight excluding hydrogens is 364 g/mol. The van der Waals surface area contributed by atoms with Crippen molar-refractivity contribution in [2.24, 2.45) is 5.41 Å². The van der Waals surface area contributed by atoms with Crippen molar-refractivity contribution in [3.05, 3.63) is 65.7 Å². The molecular formula is C24H26N2O3. The number of carbonyl (C=O) groups is 2. The molecule has 2 aliphatic heterocycles. The second-order valence-corrected chi connectivity index (χ2v) is 8.43. The van der Waals surface area contributed by atoms with Crippen LogP contribution in [0.2, 0.25) is 0 Å². The van der Waals surface area contributed by atoms with Crippen molar-refractivity contribution in [3.8, 4) is 0 Å². The molecule has 2 amide bonds. The van der Waals surface area contributed by atoms with Gasteiger partial charge in [-0.15, -0.1) is 0 Å². The van der Waals surface area contributed by atoms with E-state index < -0.39 is 5.41 Å². The van der Waals surface area contributed by atoms with E-state index in [0.29, 0.717) is 13.2 Å². The molecule has 2 heterocycles. The average Bonchev–Trinajstić information content (AvgIpc) is 3.24. The fraction of sp³-hybridized carbons (Fsp3) is 0.417. The number of hydrogen-bond acceptors (Lipinski definition) is 3. The SMILES string of the molecule is O=C(CN1C(=O)[C@@]2(COCc3ccccc3)C[C@H]2c2ccccc21)N1CCCC1. The van der Waals surface area contributed by atoms with Gasteiger partial charge in [-0.3, -0.25) is 9.59 Å². The summed E-state index contributed by atoms with van der Waals surface area (Å²) < 4.78 is 6.00. The molecule has 1 saturated heterocycles. The minimum Gasteiger partial charge on any atom is -0.376 e. The van der Waals surface area contributed by atoms with Crippen LogP contribution in [0.1, 0.15) is 36.3 Å². The number of rotatable bonds is 6. The van der Waals surface area contributed by atoms with Crippen LogP contribution in [0.3, 0.4) is 0 Å². The fourth-order valence-corrected chi connectivity index (χ4v) is 4.86. The van der Waals surface area contributed by atoms with Crippen molar-refractivity contribution < 1.29 is 14.3 Å². The highest BCUT2D eigenvalue weighted by atomic mass is 16.5. The van der Waals surface area contributed by atoms with Crippen molar-refractivity contribution >= 4 is 17.5 Å². The van der Waals surface area contributed by atoms with Gasteiger partial charge in [-0.2, -0.15) is 0 Å². The number of ether oxygens (including phenoxy) is 1. The van der Waals surface area contributed by atoms with E-state index in [1.54, 1.807) is 4.90 Å². The van der Waals surface area contributed by atoms with Crippen LogP contribution in [0.15, 0.2) is 54.6 Å². The van der Waals surface area contributed by atoms with E-state index in [1.807, 2.05) is 53.4 Å². The lowest BCUT2D eigenvalue weighted by molar-refractivity contribution is -0.132. The Balaban J connectivity index is 1.35. The zero-order valence-corrected chi connectivity index (χ0v) is 16.5. The highest BCUT2D eigenvalue weighted by Gasteiger charge is 2.65. The summed E-state index contributed by atoms with van der Waals surface area (Å²) in [6, 6.07) is 18.0. The normalized spacial score (nSPS) is 25.0. The molecule has 2 aromatic carbocycles. The molecule has 29 heavy (non-hydrogen) atoms. The van der Waals surface area contributed by atoms with Gasteiger partial charge in [0, 0.05) is 24.7 Å². The summed E-state index contributed by atoms with van der Waals surface area (Å²) in [6.07, 6.45) is 2.90. The molecule has 3 aliphatic rings. The number of benzene rings is 2. The van der Waals surface area contributed by atoms with Crippen LogP contribution in [-0.2, 0) is 20.9 Å². The zero-order valence-electron chi connectivity index (χ0n) is 16.5. The Morgan fingerprint density at radius 3 is 2.55 bits per heavy atom. The highest BCUT2D eigenvalue weighted by Crippen LogP contribution is 2.65. The molecule has 2 aromatic rings. The quantitative estimate of drug-likeness (QED) is 0.760. The minimum atomic E-state index is -0.519. The van der Waals surface area contributed by atoms with E-state index in [9.17, 15) is 9.59 Å². The number of fused-ring (bicyclic) bond motifs is 3. The zero-order chi connectivity index (χ0) is 19.8. The lowest BCUT2D eigenvalue weighted by atomic mass is 9.92. The van der Waals surface area contributed by atoms with Gasteiger partial charge in [0.25, 0.3) is 0 Å². The maximum atomic E-state index is 13.5. The van der Waals surface area contributed by atoms with E-state index in [-0.39, 0.29) is 24.3 Å². The molecule has 0 radical (unpaired) electrons. The van der Waals surface area contributed by atoms with Crippen LogP contribution in [0.25, 0.3) is 0 Å². The Kier molecular flexibility index (Phi) is 4.63. The molecule has 5 rings (SSSR count). The van der Waals surface area contributed by atoms with E-state index in [1.165, 1.54) is 5.56 Å². The summed E-state index contributed by atoms with van der Waals surface area (Å²) in [6.45, 7) is 2.63. The lowest BCUT2D eigenvalue weighted by Gasteiger charge is -2.34. The second kappa shape index (κ2) is 7.30. The van der Waals surface area contributed by atoms with Gasteiger partial charge in [0.05, 0.1) is 18.6 Å². The third-order valence-electron chi connectivity index (χ3n) is 6.57. The minimum absolute atomic E-state index is 0.0433. The number of likely N-dealkylation sites (tertiary alicyclic amines) is 1. The lowest BCUT2D eigenvalue weighted by Crippen LogP contribution is -2.48. The standard InChI is InChI=1S/C24H26N2O3/c27-22(25-12-6-7-13-25)15-26-21-11-5-4-10-19(21)20-14-24(20,23(26)28)17-29-16-18-8-2-1-3-9-18/h1-5,8-11,20H,6-7,12-17H2/t20-,24+/m0/s1. The molecule has 150 valence electrons. The summed E-state index contributed by atoms with van der Waals surface area (Å²) in [7, 11) is 0. The monoisotopic (exact) mass is 390 g/mol. The number of amides is 2. The Bertz CT molecular complexity index is 923. The molecule has 0 unspecified atom stereocenters. The number of hydrogen-bond donors (Lipinski definition) is 0. The van der Waals surface area contributed by atoms with Gasteiger partial charge in [0.2, 0.25) is 11.8 Å². The van der Waals surface area contributed by atoms with Crippen molar-refractivity contribution in [1.82, 2.24) is 4.90 Å². The van der Waals surface area contributed by atoms with Crippen molar-refractivity contribution in [1.29, 1.82) is 0 Å². The maximum Gasteiger partial charge on any atom is 0.242 e. The second-order valence-electron chi connectivity index (χ2n) is 8.43. The van der Waals surface area contributed by atoms with Gasteiger partial charge in [0.15, 0.2) is 0 Å². The van der Waals surface area contributed by atoms with Gasteiger partial charge >= 0.3 is 0 Å². The predicted molar refractivity (Wildman–Crippen MR) is 110 cm³/mol. The van der Waals surface area contributed by atoms with Gasteiger partial charge in [-0.05, 0) is 36.5 Å². The fourth-order valence-electron chi connectivity index (χ4n) is 4.86. The summed E-state index contributed by atoms with van der Waals surface area (Å²) in [5.41, 5.74) is 2.65. The Labute approximate surface area is 171 Å². The molecule has 5 heteroatoms. The smallest absolute Gasteiger partial charge is 0.242 e. The molecule has 5 nitrogen and oxygen atoms in total. The van der Waals surface area contributed by atoms with E-state index in [4.69, 9.17) is 4.74 Å². The topological polar surface area (TPSA) is 49.9 Å². The largest absolute Gasteiger partial charge is 0.376 e. The first-order chi connectivity index (χ1) is 14.2. The average molecular weight is 390 g/mol. The maximum absolute atomic E-state index is 13.5. The first-order valence-corrected chi connectivity index (χ1v) is 10.5. The van der Waals surface area contributed by atoms with E-state index >= 15 is 0 Å². The number of anilines is 1. The van der Waals surface area contributed by atoms with Crippen LogP contribution in [0.5, 0.6) is 0 Å². The van der Waals surface area contributed by atoms with Crippen LogP contribution < -0.4 is 4.90 Å². The first kappa shape index (κ1) is 18.4. The predicted octanol–water partition coefficient (Wildman–Crippen LogP) is 3.35. The van der Waals surface area contributed by atoms with Crippen molar-refractivity contribution in [2.75, 3.05) is 31.1 Å². The highest BCUT2D eigenvalue weighted by molar-refractivity contribution is 6.07. The van der Waals surface area contributed by atoms with Crippen LogP contribution in [0.4, 0.5) is 5.69 Å². The van der Waals surface area contributed by atoms with Crippen LogP contribution >= 0.6 is 0 Å². The van der Waals surface area contributed by atoms with Gasteiger partial charge in [0.1, 0.15) is 6.54 Å². The molecule has 0 bridgehead atoms. The van der Waals surface area contributed by atoms with Gasteiger partial charge in [-0.25, -0.2) is 0 Å². The molecule has 0 spiro atoms. The van der Waals surface area contributed by atoms with E-state index in [2.05, 4.69) is 6.07 Å². The van der Waals surface area contributed by atoms with Gasteiger partial charge < -0.3 is 14.5 Å². The van der Waals surface area contributed by atoms with Crippen LogP contribution in [-0.4, -0.2) is 43.0 Å². The third-order valence-corrected chi connectivity index (χ3v) is 6.57. The number of para-hydroxylation sites is 1. The Morgan fingerprint density at radius 2 is 1.76 bits per heavy atom. The summed E-state index contributed by atoms with van der Waals surface area (Å²) in [5.74, 6) is 0.284.